The Balaban J connectivity index is 2.98. The Bertz CT molecular complexity index is 297. The Labute approximate surface area is 97.3 Å². The number of ether oxygens (including phenoxy) is 3. The van der Waals surface area contributed by atoms with E-state index in [1.807, 2.05) is 18.2 Å². The molecule has 0 amide bonds. The number of hydrogen-bond acceptors (Lipinski definition) is 3. The largest absolute Gasteiger partial charge is 0.493 e. The van der Waals surface area contributed by atoms with Gasteiger partial charge in [0.25, 0.3) is 0 Å². The summed E-state index contributed by atoms with van der Waals surface area (Å²) >= 11 is 0. The molecule has 0 unspecified atom stereocenters. The van der Waals surface area contributed by atoms with E-state index in [2.05, 4.69) is 13.8 Å². The summed E-state index contributed by atoms with van der Waals surface area (Å²) in [5.41, 5.74) is 0. The van der Waals surface area contributed by atoms with Gasteiger partial charge < -0.3 is 14.2 Å². The molecular formula is C13H20O3. The van der Waals surface area contributed by atoms with Crippen molar-refractivity contribution in [1.82, 2.24) is 0 Å². The highest BCUT2D eigenvalue weighted by Crippen LogP contribution is 2.37. The lowest BCUT2D eigenvalue weighted by molar-refractivity contribution is 0.177. The van der Waals surface area contributed by atoms with Crippen molar-refractivity contribution in [2.24, 2.45) is 0 Å². The average Bonchev–Trinajstić information content (AvgIpc) is 2.35. The Morgan fingerprint density at radius 2 is 1.50 bits per heavy atom. The van der Waals surface area contributed by atoms with Crippen LogP contribution in [0.4, 0.5) is 0 Å². The number of benzene rings is 1. The lowest BCUT2D eigenvalue weighted by Crippen LogP contribution is -2.14. The van der Waals surface area contributed by atoms with Gasteiger partial charge in [0.05, 0.1) is 20.3 Å². The second-order valence-corrected chi connectivity index (χ2v) is 3.55. The van der Waals surface area contributed by atoms with Crippen LogP contribution < -0.4 is 14.2 Å². The molecule has 16 heavy (non-hydrogen) atoms. The van der Waals surface area contributed by atoms with Gasteiger partial charge in [0, 0.05) is 0 Å². The number of para-hydroxylation sites is 1. The fraction of sp³-hybridized carbons (Fsp3) is 0.538. The van der Waals surface area contributed by atoms with Gasteiger partial charge in [-0.05, 0) is 25.0 Å². The molecule has 1 aromatic carbocycles. The first-order valence-corrected chi connectivity index (χ1v) is 5.64. The third-order valence-electron chi connectivity index (χ3n) is 2.58. The molecule has 3 heteroatoms. The van der Waals surface area contributed by atoms with Crippen molar-refractivity contribution in [2.45, 2.75) is 32.8 Å². The summed E-state index contributed by atoms with van der Waals surface area (Å²) in [7, 11) is 3.27. The molecule has 0 radical (unpaired) electrons. The topological polar surface area (TPSA) is 27.7 Å². The van der Waals surface area contributed by atoms with Crippen molar-refractivity contribution in [3.05, 3.63) is 18.2 Å². The first kappa shape index (κ1) is 12.7. The Morgan fingerprint density at radius 1 is 1.00 bits per heavy atom. The lowest BCUT2D eigenvalue weighted by Gasteiger charge is -2.19. The maximum absolute atomic E-state index is 5.91. The number of rotatable bonds is 6. The molecule has 0 heterocycles. The molecule has 0 spiro atoms. The van der Waals surface area contributed by atoms with E-state index in [0.717, 1.165) is 12.8 Å². The summed E-state index contributed by atoms with van der Waals surface area (Å²) in [6.07, 6.45) is 2.14. The zero-order valence-electron chi connectivity index (χ0n) is 10.4. The van der Waals surface area contributed by atoms with Crippen molar-refractivity contribution >= 4 is 0 Å². The standard InChI is InChI=1S/C13H20O3/c1-5-10(6-2)16-13-11(14-3)8-7-9-12(13)15-4/h7-10H,5-6H2,1-4H3. The van der Waals surface area contributed by atoms with Crippen LogP contribution in [0.2, 0.25) is 0 Å². The van der Waals surface area contributed by atoms with Gasteiger partial charge >= 0.3 is 0 Å². The summed E-state index contributed by atoms with van der Waals surface area (Å²) < 4.78 is 16.5. The average molecular weight is 224 g/mol. The monoisotopic (exact) mass is 224 g/mol. The summed E-state index contributed by atoms with van der Waals surface area (Å²) in [5, 5.41) is 0. The molecule has 0 saturated carbocycles. The fourth-order valence-corrected chi connectivity index (χ4v) is 1.56. The minimum atomic E-state index is 0.199. The van der Waals surface area contributed by atoms with E-state index in [1.165, 1.54) is 0 Å². The van der Waals surface area contributed by atoms with Crippen LogP contribution in [0.5, 0.6) is 17.2 Å². The molecule has 0 bridgehead atoms. The van der Waals surface area contributed by atoms with E-state index in [9.17, 15) is 0 Å². The molecule has 3 nitrogen and oxygen atoms in total. The smallest absolute Gasteiger partial charge is 0.203 e. The van der Waals surface area contributed by atoms with E-state index in [1.54, 1.807) is 14.2 Å². The molecule has 1 rings (SSSR count). The van der Waals surface area contributed by atoms with E-state index in [-0.39, 0.29) is 6.10 Å². The third-order valence-corrected chi connectivity index (χ3v) is 2.58. The van der Waals surface area contributed by atoms with Crippen LogP contribution in [0, 0.1) is 0 Å². The molecular weight excluding hydrogens is 204 g/mol. The molecule has 0 aliphatic carbocycles. The highest BCUT2D eigenvalue weighted by Gasteiger charge is 2.14. The highest BCUT2D eigenvalue weighted by atomic mass is 16.5. The zero-order chi connectivity index (χ0) is 12.0. The first-order valence-electron chi connectivity index (χ1n) is 5.64. The Hall–Kier alpha value is -1.38. The van der Waals surface area contributed by atoms with Crippen LogP contribution in [0.15, 0.2) is 18.2 Å². The molecule has 0 aliphatic rings. The second-order valence-electron chi connectivity index (χ2n) is 3.55. The molecule has 0 aromatic heterocycles. The normalized spacial score (nSPS) is 10.3. The van der Waals surface area contributed by atoms with Gasteiger partial charge in [-0.3, -0.25) is 0 Å². The van der Waals surface area contributed by atoms with E-state index in [0.29, 0.717) is 17.2 Å². The van der Waals surface area contributed by atoms with Gasteiger partial charge in [-0.15, -0.1) is 0 Å². The summed E-state index contributed by atoms with van der Waals surface area (Å²) in [4.78, 5) is 0. The van der Waals surface area contributed by atoms with E-state index >= 15 is 0 Å². The molecule has 1 aromatic rings. The van der Waals surface area contributed by atoms with Crippen molar-refractivity contribution in [1.29, 1.82) is 0 Å². The minimum Gasteiger partial charge on any atom is -0.493 e. The van der Waals surface area contributed by atoms with Crippen LogP contribution in [0.3, 0.4) is 0 Å². The maximum Gasteiger partial charge on any atom is 0.203 e. The predicted octanol–water partition coefficient (Wildman–Crippen LogP) is 3.27. The lowest BCUT2D eigenvalue weighted by atomic mass is 10.2. The van der Waals surface area contributed by atoms with Crippen LogP contribution in [0.25, 0.3) is 0 Å². The van der Waals surface area contributed by atoms with Gasteiger partial charge in [-0.25, -0.2) is 0 Å². The van der Waals surface area contributed by atoms with Gasteiger partial charge in [0.1, 0.15) is 0 Å². The van der Waals surface area contributed by atoms with Crippen molar-refractivity contribution in [3.63, 3.8) is 0 Å². The van der Waals surface area contributed by atoms with Crippen LogP contribution in [0.1, 0.15) is 26.7 Å². The molecule has 0 saturated heterocycles. The van der Waals surface area contributed by atoms with Crippen molar-refractivity contribution in [2.75, 3.05) is 14.2 Å². The van der Waals surface area contributed by atoms with Gasteiger partial charge in [0.15, 0.2) is 11.5 Å². The number of hydrogen-bond donors (Lipinski definition) is 0. The third kappa shape index (κ3) is 2.81. The molecule has 0 aliphatic heterocycles. The Morgan fingerprint density at radius 3 is 1.88 bits per heavy atom. The van der Waals surface area contributed by atoms with Crippen LogP contribution in [-0.4, -0.2) is 20.3 Å². The molecule has 90 valence electrons. The SMILES string of the molecule is CCC(CC)Oc1c(OC)cccc1OC. The fourth-order valence-electron chi connectivity index (χ4n) is 1.56. The Kier molecular flexibility index (Phi) is 4.96. The van der Waals surface area contributed by atoms with Crippen LogP contribution in [-0.2, 0) is 0 Å². The molecule has 0 N–H and O–H groups in total. The quantitative estimate of drug-likeness (QED) is 0.742. The maximum atomic E-state index is 5.91. The zero-order valence-corrected chi connectivity index (χ0v) is 10.4. The highest BCUT2D eigenvalue weighted by molar-refractivity contribution is 5.51. The minimum absolute atomic E-state index is 0.199. The van der Waals surface area contributed by atoms with Crippen LogP contribution >= 0.6 is 0 Å². The molecule has 0 fully saturated rings. The summed E-state index contributed by atoms with van der Waals surface area (Å²) in [6.45, 7) is 4.21. The summed E-state index contributed by atoms with van der Waals surface area (Å²) in [6, 6.07) is 5.64. The number of methoxy groups -OCH3 is 2. The van der Waals surface area contributed by atoms with Gasteiger partial charge in [-0.2, -0.15) is 0 Å². The molecule has 0 atom stereocenters. The van der Waals surface area contributed by atoms with E-state index < -0.39 is 0 Å². The predicted molar refractivity (Wildman–Crippen MR) is 64.5 cm³/mol. The van der Waals surface area contributed by atoms with Gasteiger partial charge in [0.2, 0.25) is 5.75 Å². The van der Waals surface area contributed by atoms with Crippen molar-refractivity contribution in [3.8, 4) is 17.2 Å². The van der Waals surface area contributed by atoms with Crippen molar-refractivity contribution < 1.29 is 14.2 Å². The van der Waals surface area contributed by atoms with E-state index in [4.69, 9.17) is 14.2 Å². The van der Waals surface area contributed by atoms with Gasteiger partial charge in [-0.1, -0.05) is 19.9 Å². The second kappa shape index (κ2) is 6.26. The summed E-state index contributed by atoms with van der Waals surface area (Å²) in [5.74, 6) is 2.12. The first-order chi connectivity index (χ1) is 7.76.